The molecule has 2 aromatic carbocycles. The van der Waals surface area contributed by atoms with Crippen LogP contribution in [-0.2, 0) is 11.2 Å². The standard InChI is InChI=1S/C24H20ClN5OS/c1-16-14-18-4-2-3-5-21(18)29(16)22(31)15-32-24-28-27-23(17-10-12-26-13-11-17)30(24)20-8-6-19(25)7-9-20/h2-13,16H,14-15H2,1H3. The molecule has 1 atom stereocenters. The molecule has 1 unspecified atom stereocenters. The van der Waals surface area contributed by atoms with Crippen molar-refractivity contribution in [2.24, 2.45) is 0 Å². The monoisotopic (exact) mass is 461 g/mol. The van der Waals surface area contributed by atoms with E-state index >= 15 is 0 Å². The number of amides is 1. The minimum atomic E-state index is 0.0589. The summed E-state index contributed by atoms with van der Waals surface area (Å²) in [4.78, 5) is 19.2. The number of carbonyl (C=O) groups is 1. The first-order valence-corrected chi connectivity index (χ1v) is 11.6. The maximum absolute atomic E-state index is 13.2. The Morgan fingerprint density at radius 3 is 2.59 bits per heavy atom. The van der Waals surface area contributed by atoms with E-state index < -0.39 is 0 Å². The summed E-state index contributed by atoms with van der Waals surface area (Å²) in [6.45, 7) is 2.08. The SMILES string of the molecule is CC1Cc2ccccc2N1C(=O)CSc1nnc(-c2ccncc2)n1-c1ccc(Cl)cc1. The largest absolute Gasteiger partial charge is 0.308 e. The van der Waals surface area contributed by atoms with Gasteiger partial charge in [-0.3, -0.25) is 14.3 Å². The Balaban J connectivity index is 1.45. The first kappa shape index (κ1) is 20.7. The molecule has 0 saturated carbocycles. The number of rotatable bonds is 5. The highest BCUT2D eigenvalue weighted by Gasteiger charge is 2.30. The van der Waals surface area contributed by atoms with Crippen molar-refractivity contribution in [2.45, 2.75) is 24.5 Å². The van der Waals surface area contributed by atoms with E-state index in [1.54, 1.807) is 12.4 Å². The van der Waals surface area contributed by atoms with Gasteiger partial charge in [0.25, 0.3) is 0 Å². The number of hydrogen-bond donors (Lipinski definition) is 0. The Kier molecular flexibility index (Phi) is 5.68. The van der Waals surface area contributed by atoms with E-state index in [1.807, 2.05) is 64.1 Å². The van der Waals surface area contributed by atoms with Gasteiger partial charge in [-0.2, -0.15) is 0 Å². The summed E-state index contributed by atoms with van der Waals surface area (Å²) in [6, 6.07) is 19.5. The van der Waals surface area contributed by atoms with Gasteiger partial charge < -0.3 is 4.90 Å². The highest BCUT2D eigenvalue weighted by atomic mass is 35.5. The van der Waals surface area contributed by atoms with Gasteiger partial charge in [0.1, 0.15) is 0 Å². The summed E-state index contributed by atoms with van der Waals surface area (Å²) in [5.41, 5.74) is 3.98. The number of thioether (sulfide) groups is 1. The number of benzene rings is 2. The maximum atomic E-state index is 13.2. The quantitative estimate of drug-likeness (QED) is 0.389. The van der Waals surface area contributed by atoms with Crippen molar-refractivity contribution in [1.82, 2.24) is 19.7 Å². The average molecular weight is 462 g/mol. The second-order valence-electron chi connectivity index (χ2n) is 7.59. The fourth-order valence-corrected chi connectivity index (χ4v) is 4.95. The molecule has 0 radical (unpaired) electrons. The molecule has 4 aromatic rings. The van der Waals surface area contributed by atoms with Gasteiger partial charge in [0.2, 0.25) is 5.91 Å². The molecule has 6 nitrogen and oxygen atoms in total. The fourth-order valence-electron chi connectivity index (χ4n) is 4.02. The maximum Gasteiger partial charge on any atom is 0.237 e. The molecular weight excluding hydrogens is 442 g/mol. The van der Waals surface area contributed by atoms with Crippen LogP contribution in [0.2, 0.25) is 5.02 Å². The first-order valence-electron chi connectivity index (χ1n) is 10.3. The third-order valence-corrected chi connectivity index (χ3v) is 6.62. The zero-order valence-corrected chi connectivity index (χ0v) is 18.9. The van der Waals surface area contributed by atoms with Gasteiger partial charge in [-0.15, -0.1) is 10.2 Å². The number of nitrogens with zero attached hydrogens (tertiary/aromatic N) is 5. The molecule has 0 bridgehead atoms. The molecule has 3 heterocycles. The average Bonchev–Trinajstić information content (AvgIpc) is 3.39. The molecule has 1 aliphatic heterocycles. The molecule has 1 aliphatic rings. The lowest BCUT2D eigenvalue weighted by atomic mass is 10.1. The summed E-state index contributed by atoms with van der Waals surface area (Å²) < 4.78 is 1.95. The van der Waals surface area contributed by atoms with Crippen LogP contribution in [0.1, 0.15) is 12.5 Å². The highest BCUT2D eigenvalue weighted by Crippen LogP contribution is 2.33. The van der Waals surface area contributed by atoms with Gasteiger partial charge in [-0.05, 0) is 61.4 Å². The molecule has 0 N–H and O–H groups in total. The Morgan fingerprint density at radius 2 is 1.81 bits per heavy atom. The number of aromatic nitrogens is 4. The van der Waals surface area contributed by atoms with Gasteiger partial charge in [0, 0.05) is 40.4 Å². The Morgan fingerprint density at radius 1 is 1.06 bits per heavy atom. The van der Waals surface area contributed by atoms with Crippen LogP contribution in [0, 0.1) is 0 Å². The lowest BCUT2D eigenvalue weighted by molar-refractivity contribution is -0.116. The molecule has 2 aromatic heterocycles. The number of hydrogen-bond acceptors (Lipinski definition) is 5. The minimum absolute atomic E-state index is 0.0589. The van der Waals surface area contributed by atoms with E-state index in [1.165, 1.54) is 17.3 Å². The van der Waals surface area contributed by atoms with Gasteiger partial charge in [-0.25, -0.2) is 0 Å². The highest BCUT2D eigenvalue weighted by molar-refractivity contribution is 7.99. The van der Waals surface area contributed by atoms with Crippen LogP contribution in [0.25, 0.3) is 17.1 Å². The van der Waals surface area contributed by atoms with Crippen molar-refractivity contribution < 1.29 is 4.79 Å². The lowest BCUT2D eigenvalue weighted by Crippen LogP contribution is -2.37. The van der Waals surface area contributed by atoms with Crippen LogP contribution < -0.4 is 4.90 Å². The van der Waals surface area contributed by atoms with Gasteiger partial charge in [-0.1, -0.05) is 41.6 Å². The van der Waals surface area contributed by atoms with Crippen LogP contribution in [0.4, 0.5) is 5.69 Å². The number of carbonyl (C=O) groups excluding carboxylic acids is 1. The van der Waals surface area contributed by atoms with Crippen LogP contribution in [0.3, 0.4) is 0 Å². The fraction of sp³-hybridized carbons (Fsp3) is 0.167. The van der Waals surface area contributed by atoms with Crippen LogP contribution >= 0.6 is 23.4 Å². The molecule has 0 saturated heterocycles. The number of para-hydroxylation sites is 1. The third kappa shape index (κ3) is 3.89. The van der Waals surface area contributed by atoms with E-state index in [9.17, 15) is 4.79 Å². The van der Waals surface area contributed by atoms with Crippen molar-refractivity contribution in [1.29, 1.82) is 0 Å². The number of halogens is 1. The smallest absolute Gasteiger partial charge is 0.237 e. The van der Waals surface area contributed by atoms with E-state index in [-0.39, 0.29) is 17.7 Å². The number of fused-ring (bicyclic) bond motifs is 1. The van der Waals surface area contributed by atoms with Gasteiger partial charge in [0.15, 0.2) is 11.0 Å². The summed E-state index contributed by atoms with van der Waals surface area (Å²) in [5.74, 6) is 1.01. The number of anilines is 1. The zero-order valence-electron chi connectivity index (χ0n) is 17.4. The Bertz CT molecular complexity index is 1260. The van der Waals surface area contributed by atoms with Gasteiger partial charge in [0.05, 0.1) is 5.75 Å². The number of pyridine rings is 1. The van der Waals surface area contributed by atoms with Crippen molar-refractivity contribution in [2.75, 3.05) is 10.7 Å². The minimum Gasteiger partial charge on any atom is -0.308 e. The van der Waals surface area contributed by atoms with Gasteiger partial charge >= 0.3 is 0 Å². The Hall–Kier alpha value is -3.16. The van der Waals surface area contributed by atoms with Crippen LogP contribution in [-0.4, -0.2) is 37.5 Å². The molecule has 32 heavy (non-hydrogen) atoms. The molecular formula is C24H20ClN5OS. The first-order chi connectivity index (χ1) is 15.6. The summed E-state index contributed by atoms with van der Waals surface area (Å²) in [7, 11) is 0. The summed E-state index contributed by atoms with van der Waals surface area (Å²) in [6.07, 6.45) is 4.32. The van der Waals surface area contributed by atoms with Crippen molar-refractivity contribution >= 4 is 35.0 Å². The molecule has 0 aliphatic carbocycles. The molecule has 0 fully saturated rings. The van der Waals surface area contributed by atoms with E-state index in [0.29, 0.717) is 16.0 Å². The molecule has 0 spiro atoms. The normalized spacial score (nSPS) is 15.1. The van der Waals surface area contributed by atoms with Crippen molar-refractivity contribution in [3.8, 4) is 17.1 Å². The second-order valence-corrected chi connectivity index (χ2v) is 8.97. The third-order valence-electron chi connectivity index (χ3n) is 5.46. The molecule has 1 amide bonds. The summed E-state index contributed by atoms with van der Waals surface area (Å²) >= 11 is 7.48. The van der Waals surface area contributed by atoms with Crippen molar-refractivity contribution in [3.63, 3.8) is 0 Å². The summed E-state index contributed by atoms with van der Waals surface area (Å²) in [5, 5.41) is 10.1. The Labute approximate surface area is 195 Å². The predicted molar refractivity (Wildman–Crippen MR) is 127 cm³/mol. The predicted octanol–water partition coefficient (Wildman–Crippen LogP) is 5.05. The van der Waals surface area contributed by atoms with Crippen molar-refractivity contribution in [3.05, 3.63) is 83.6 Å². The molecule has 160 valence electrons. The topological polar surface area (TPSA) is 63.9 Å². The van der Waals surface area contributed by atoms with E-state index in [4.69, 9.17) is 11.6 Å². The van der Waals surface area contributed by atoms with Crippen LogP contribution in [0.5, 0.6) is 0 Å². The zero-order chi connectivity index (χ0) is 22.1. The second kappa shape index (κ2) is 8.76. The molecule has 5 rings (SSSR count). The van der Waals surface area contributed by atoms with E-state index in [2.05, 4.69) is 28.2 Å². The lowest BCUT2D eigenvalue weighted by Gasteiger charge is -2.22. The van der Waals surface area contributed by atoms with Crippen LogP contribution in [0.15, 0.2) is 78.2 Å². The van der Waals surface area contributed by atoms with E-state index in [0.717, 1.165) is 23.4 Å². The molecule has 8 heteroatoms.